The maximum atomic E-state index is 12.4. The minimum Gasteiger partial charge on any atom is -0.465 e. The molecule has 0 saturated heterocycles. The van der Waals surface area contributed by atoms with Crippen molar-refractivity contribution in [1.29, 1.82) is 0 Å². The van der Waals surface area contributed by atoms with Crippen molar-refractivity contribution in [2.24, 2.45) is 0 Å². The van der Waals surface area contributed by atoms with Gasteiger partial charge in [0.1, 0.15) is 5.75 Å². The number of carbonyl (C=O) groups is 3. The lowest BCUT2D eigenvalue weighted by Gasteiger charge is -2.06. The lowest BCUT2D eigenvalue weighted by atomic mass is 10.1. The topological polar surface area (TPSA) is 69.7 Å². The van der Waals surface area contributed by atoms with Crippen molar-refractivity contribution in [1.82, 2.24) is 0 Å². The Hall–Kier alpha value is -3.70. The van der Waals surface area contributed by atoms with Gasteiger partial charge in [0, 0.05) is 5.56 Å². The Morgan fingerprint density at radius 3 is 2.07 bits per heavy atom. The number of methoxy groups -OCH3 is 1. The van der Waals surface area contributed by atoms with E-state index in [1.165, 1.54) is 13.2 Å². The zero-order valence-corrected chi connectivity index (χ0v) is 16.8. The highest BCUT2D eigenvalue weighted by Gasteiger charge is 2.12. The quantitative estimate of drug-likeness (QED) is 0.236. The van der Waals surface area contributed by atoms with Crippen LogP contribution in [0.4, 0.5) is 0 Å². The molecular weight excluding hydrogens is 404 g/mol. The summed E-state index contributed by atoms with van der Waals surface area (Å²) in [6.45, 7) is 0. The van der Waals surface area contributed by atoms with E-state index in [2.05, 4.69) is 4.74 Å². The molecule has 0 unspecified atom stereocenters. The molecule has 0 heterocycles. The summed E-state index contributed by atoms with van der Waals surface area (Å²) in [5.74, 6) is -0.901. The van der Waals surface area contributed by atoms with Crippen molar-refractivity contribution in [3.05, 3.63) is 106 Å². The Bertz CT molecular complexity index is 1100. The monoisotopic (exact) mass is 420 g/mol. The molecule has 0 fully saturated rings. The molecule has 0 aromatic heterocycles. The van der Waals surface area contributed by atoms with E-state index in [4.69, 9.17) is 16.3 Å². The van der Waals surface area contributed by atoms with Crippen molar-refractivity contribution in [2.45, 2.75) is 0 Å². The molecule has 3 aromatic rings. The summed E-state index contributed by atoms with van der Waals surface area (Å²) in [4.78, 5) is 36.0. The average molecular weight is 421 g/mol. The van der Waals surface area contributed by atoms with E-state index in [0.29, 0.717) is 21.9 Å². The second-order valence-electron chi connectivity index (χ2n) is 6.20. The summed E-state index contributed by atoms with van der Waals surface area (Å²) >= 11 is 5.99. The van der Waals surface area contributed by atoms with Crippen molar-refractivity contribution < 1.29 is 23.9 Å². The lowest BCUT2D eigenvalue weighted by Crippen LogP contribution is -2.09. The predicted octanol–water partition coefficient (Wildman–Crippen LogP) is 5.24. The van der Waals surface area contributed by atoms with Crippen LogP contribution in [0.3, 0.4) is 0 Å². The number of hydrogen-bond donors (Lipinski definition) is 0. The summed E-state index contributed by atoms with van der Waals surface area (Å²) < 4.78 is 9.94. The molecule has 30 heavy (non-hydrogen) atoms. The van der Waals surface area contributed by atoms with Crippen LogP contribution in [0, 0.1) is 0 Å². The Morgan fingerprint density at radius 1 is 0.800 bits per heavy atom. The first-order valence-corrected chi connectivity index (χ1v) is 9.33. The van der Waals surface area contributed by atoms with E-state index < -0.39 is 11.9 Å². The number of hydrogen-bond acceptors (Lipinski definition) is 5. The van der Waals surface area contributed by atoms with Crippen LogP contribution >= 0.6 is 11.6 Å². The Balaban J connectivity index is 1.63. The van der Waals surface area contributed by atoms with E-state index in [-0.39, 0.29) is 11.3 Å². The molecule has 3 aromatic carbocycles. The first-order valence-electron chi connectivity index (χ1n) is 8.95. The SMILES string of the molecule is COC(=O)c1ccc(C=CC(=O)c2ccc(OC(=O)c3ccccc3Cl)cc2)cc1. The molecule has 0 spiro atoms. The summed E-state index contributed by atoms with van der Waals surface area (Å²) in [6.07, 6.45) is 3.08. The number of halogens is 1. The van der Waals surface area contributed by atoms with Crippen LogP contribution in [0.25, 0.3) is 6.08 Å². The van der Waals surface area contributed by atoms with Gasteiger partial charge in [-0.25, -0.2) is 9.59 Å². The van der Waals surface area contributed by atoms with Gasteiger partial charge in [0.15, 0.2) is 5.78 Å². The highest BCUT2D eigenvalue weighted by Crippen LogP contribution is 2.19. The van der Waals surface area contributed by atoms with Crippen LogP contribution in [0.15, 0.2) is 78.9 Å². The molecule has 0 amide bonds. The molecular formula is C24H17ClO5. The predicted molar refractivity (Wildman–Crippen MR) is 114 cm³/mol. The third kappa shape index (κ3) is 5.21. The zero-order chi connectivity index (χ0) is 21.5. The average Bonchev–Trinajstić information content (AvgIpc) is 2.78. The van der Waals surface area contributed by atoms with Crippen LogP contribution in [0.5, 0.6) is 5.75 Å². The van der Waals surface area contributed by atoms with E-state index in [9.17, 15) is 14.4 Å². The second kappa shape index (κ2) is 9.67. The smallest absolute Gasteiger partial charge is 0.345 e. The molecule has 0 aliphatic rings. The molecule has 6 heteroatoms. The van der Waals surface area contributed by atoms with E-state index in [0.717, 1.165) is 5.56 Å². The van der Waals surface area contributed by atoms with Gasteiger partial charge in [0.05, 0.1) is 23.3 Å². The molecule has 0 N–H and O–H groups in total. The van der Waals surface area contributed by atoms with Gasteiger partial charge in [-0.2, -0.15) is 0 Å². The fourth-order valence-corrected chi connectivity index (χ4v) is 2.81. The van der Waals surface area contributed by atoms with Gasteiger partial charge in [-0.05, 0) is 60.2 Å². The maximum absolute atomic E-state index is 12.4. The Labute approximate surface area is 178 Å². The van der Waals surface area contributed by atoms with Gasteiger partial charge in [0.25, 0.3) is 0 Å². The molecule has 0 saturated carbocycles. The Kier molecular flexibility index (Phi) is 6.78. The fourth-order valence-electron chi connectivity index (χ4n) is 2.59. The number of esters is 2. The molecule has 0 atom stereocenters. The molecule has 0 radical (unpaired) electrons. The first kappa shape index (κ1) is 21.0. The standard InChI is InChI=1S/C24H17ClO5/c1-29-23(27)18-9-6-16(7-10-18)8-15-22(26)17-11-13-19(14-12-17)30-24(28)20-4-2-3-5-21(20)25/h2-15H,1H3. The molecule has 150 valence electrons. The summed E-state index contributed by atoms with van der Waals surface area (Å²) in [5.41, 5.74) is 1.90. The molecule has 5 nitrogen and oxygen atoms in total. The van der Waals surface area contributed by atoms with Gasteiger partial charge in [-0.1, -0.05) is 41.9 Å². The van der Waals surface area contributed by atoms with E-state index in [1.807, 2.05) is 0 Å². The number of ketones is 1. The third-order valence-electron chi connectivity index (χ3n) is 4.20. The van der Waals surface area contributed by atoms with Crippen LogP contribution in [-0.2, 0) is 4.74 Å². The minimum atomic E-state index is -0.574. The van der Waals surface area contributed by atoms with Crippen LogP contribution in [0.1, 0.15) is 36.6 Å². The highest BCUT2D eigenvalue weighted by atomic mass is 35.5. The van der Waals surface area contributed by atoms with Gasteiger partial charge in [-0.15, -0.1) is 0 Å². The van der Waals surface area contributed by atoms with Gasteiger partial charge < -0.3 is 9.47 Å². The normalized spacial score (nSPS) is 10.6. The lowest BCUT2D eigenvalue weighted by molar-refractivity contribution is 0.0600. The molecule has 0 bridgehead atoms. The van der Waals surface area contributed by atoms with Crippen LogP contribution < -0.4 is 4.74 Å². The number of rotatable bonds is 6. The maximum Gasteiger partial charge on any atom is 0.345 e. The van der Waals surface area contributed by atoms with Gasteiger partial charge in [-0.3, -0.25) is 4.79 Å². The van der Waals surface area contributed by atoms with Crippen molar-refractivity contribution in [3.63, 3.8) is 0 Å². The van der Waals surface area contributed by atoms with Crippen molar-refractivity contribution >= 4 is 35.4 Å². The summed E-state index contributed by atoms with van der Waals surface area (Å²) in [5, 5.41) is 0.305. The van der Waals surface area contributed by atoms with Crippen LogP contribution in [0.2, 0.25) is 5.02 Å². The van der Waals surface area contributed by atoms with E-state index in [1.54, 1.807) is 78.9 Å². The third-order valence-corrected chi connectivity index (χ3v) is 4.53. The number of carbonyl (C=O) groups excluding carboxylic acids is 3. The number of allylic oxidation sites excluding steroid dienone is 1. The summed E-state index contributed by atoms with van der Waals surface area (Å²) in [6, 6.07) is 19.5. The zero-order valence-electron chi connectivity index (χ0n) is 16.0. The van der Waals surface area contributed by atoms with Crippen LogP contribution in [-0.4, -0.2) is 24.8 Å². The minimum absolute atomic E-state index is 0.212. The highest BCUT2D eigenvalue weighted by molar-refractivity contribution is 6.33. The van der Waals surface area contributed by atoms with Crippen molar-refractivity contribution in [2.75, 3.05) is 7.11 Å². The fraction of sp³-hybridized carbons (Fsp3) is 0.0417. The largest absolute Gasteiger partial charge is 0.465 e. The van der Waals surface area contributed by atoms with Crippen molar-refractivity contribution in [3.8, 4) is 5.75 Å². The molecule has 0 aliphatic carbocycles. The van der Waals surface area contributed by atoms with Gasteiger partial charge in [0.2, 0.25) is 0 Å². The first-order chi connectivity index (χ1) is 14.5. The molecule has 0 aliphatic heterocycles. The van der Waals surface area contributed by atoms with Gasteiger partial charge >= 0.3 is 11.9 Å². The second-order valence-corrected chi connectivity index (χ2v) is 6.61. The number of ether oxygens (including phenoxy) is 2. The van der Waals surface area contributed by atoms with E-state index >= 15 is 0 Å². The Morgan fingerprint density at radius 2 is 1.43 bits per heavy atom. The summed E-state index contributed by atoms with van der Waals surface area (Å²) in [7, 11) is 1.32. The molecule has 3 rings (SSSR count). The number of benzene rings is 3.